The molecule has 0 bridgehead atoms. The van der Waals surface area contributed by atoms with Crippen LogP contribution in [0.3, 0.4) is 0 Å². The number of rotatable bonds is 5. The van der Waals surface area contributed by atoms with Gasteiger partial charge >= 0.3 is 0 Å². The van der Waals surface area contributed by atoms with E-state index in [9.17, 15) is 9.18 Å². The largest absolute Gasteiger partial charge is 0.368 e. The number of benzene rings is 2. The number of nitrogens with zero attached hydrogens (tertiary/aromatic N) is 6. The zero-order valence-electron chi connectivity index (χ0n) is 17.8. The Morgan fingerprint density at radius 3 is 2.55 bits per heavy atom. The first-order valence-corrected chi connectivity index (χ1v) is 10.4. The standard InChI is InChI=1S/C23H21FN8O/c1-31(17-5-3-2-4-6-17)23-27-20(26-22(25)28-23)18-11-19(30-29-18)21(33)32-12-15(13-32)14-7-9-16(24)10-8-14/h2-11,15H,12-13H2,1H3,(H,29,30)(H2,25,26,27,28). The Morgan fingerprint density at radius 1 is 1.09 bits per heavy atom. The van der Waals surface area contributed by atoms with Crippen LogP contribution in [-0.4, -0.2) is 56.1 Å². The molecule has 9 nitrogen and oxygen atoms in total. The van der Waals surface area contributed by atoms with Crippen molar-refractivity contribution in [3.8, 4) is 11.5 Å². The molecular weight excluding hydrogens is 423 g/mol. The second-order valence-electron chi connectivity index (χ2n) is 7.84. The van der Waals surface area contributed by atoms with Gasteiger partial charge in [-0.25, -0.2) is 4.39 Å². The van der Waals surface area contributed by atoms with Crippen LogP contribution in [0.2, 0.25) is 0 Å². The first kappa shape index (κ1) is 20.6. The number of amides is 1. The third-order valence-electron chi connectivity index (χ3n) is 5.63. The number of hydrogen-bond donors (Lipinski definition) is 2. The third kappa shape index (κ3) is 4.10. The lowest BCUT2D eigenvalue weighted by atomic mass is 9.91. The fourth-order valence-corrected chi connectivity index (χ4v) is 3.72. The van der Waals surface area contributed by atoms with E-state index < -0.39 is 0 Å². The third-order valence-corrected chi connectivity index (χ3v) is 5.63. The van der Waals surface area contributed by atoms with E-state index in [0.29, 0.717) is 30.4 Å². The van der Waals surface area contributed by atoms with Crippen LogP contribution in [0.1, 0.15) is 22.0 Å². The number of anilines is 3. The van der Waals surface area contributed by atoms with E-state index in [0.717, 1.165) is 11.3 Å². The quantitative estimate of drug-likeness (QED) is 0.486. The van der Waals surface area contributed by atoms with E-state index in [1.807, 2.05) is 37.4 Å². The summed E-state index contributed by atoms with van der Waals surface area (Å²) in [5, 5.41) is 6.98. The average molecular weight is 444 g/mol. The van der Waals surface area contributed by atoms with Crippen molar-refractivity contribution >= 4 is 23.5 Å². The highest BCUT2D eigenvalue weighted by Gasteiger charge is 2.33. The molecule has 0 spiro atoms. The molecule has 1 saturated heterocycles. The normalized spacial score (nSPS) is 13.6. The van der Waals surface area contributed by atoms with Crippen molar-refractivity contribution in [3.05, 3.63) is 77.7 Å². The molecule has 0 radical (unpaired) electrons. The number of nitrogens with one attached hydrogen (secondary N) is 1. The Morgan fingerprint density at radius 2 is 1.82 bits per heavy atom. The summed E-state index contributed by atoms with van der Waals surface area (Å²) in [6.07, 6.45) is 0. The van der Waals surface area contributed by atoms with Crippen molar-refractivity contribution in [1.29, 1.82) is 0 Å². The van der Waals surface area contributed by atoms with Crippen molar-refractivity contribution in [1.82, 2.24) is 30.0 Å². The van der Waals surface area contributed by atoms with Crippen LogP contribution in [-0.2, 0) is 0 Å². The van der Waals surface area contributed by atoms with Crippen LogP contribution < -0.4 is 10.6 Å². The molecule has 0 atom stereocenters. The molecular formula is C23H21FN8O. The summed E-state index contributed by atoms with van der Waals surface area (Å²) in [4.78, 5) is 29.2. The molecule has 5 rings (SSSR count). The summed E-state index contributed by atoms with van der Waals surface area (Å²) in [7, 11) is 1.83. The Balaban J connectivity index is 1.31. The van der Waals surface area contributed by atoms with Gasteiger partial charge in [-0.05, 0) is 29.8 Å². The van der Waals surface area contributed by atoms with Gasteiger partial charge in [-0.1, -0.05) is 30.3 Å². The molecule has 3 heterocycles. The minimum Gasteiger partial charge on any atom is -0.368 e. The summed E-state index contributed by atoms with van der Waals surface area (Å²) in [5.74, 6) is 0.437. The fraction of sp³-hybridized carbons (Fsp3) is 0.174. The smallest absolute Gasteiger partial charge is 0.271 e. The molecule has 1 aliphatic rings. The Hall–Kier alpha value is -4.34. The zero-order chi connectivity index (χ0) is 22.9. The summed E-state index contributed by atoms with van der Waals surface area (Å²) in [5.41, 5.74) is 8.54. The predicted octanol–water partition coefficient (Wildman–Crippen LogP) is 2.99. The van der Waals surface area contributed by atoms with E-state index in [-0.39, 0.29) is 29.4 Å². The number of para-hydroxylation sites is 1. The molecule has 2 aromatic carbocycles. The Kier molecular flexibility index (Phi) is 5.17. The lowest BCUT2D eigenvalue weighted by Gasteiger charge is -2.39. The minimum absolute atomic E-state index is 0.0542. The van der Waals surface area contributed by atoms with Gasteiger partial charge in [0, 0.05) is 37.8 Å². The SMILES string of the molecule is CN(c1ccccc1)c1nc(N)nc(-c2cc(C(=O)N3CC(c4ccc(F)cc4)C3)[nH]n2)n1. The minimum atomic E-state index is -0.270. The number of carbonyl (C=O) groups is 1. The van der Waals surface area contributed by atoms with Crippen LogP contribution in [0, 0.1) is 5.82 Å². The molecule has 0 unspecified atom stereocenters. The van der Waals surface area contributed by atoms with Gasteiger partial charge in [-0.15, -0.1) is 0 Å². The van der Waals surface area contributed by atoms with Gasteiger partial charge in [0.25, 0.3) is 5.91 Å². The number of hydrogen-bond acceptors (Lipinski definition) is 7. The molecule has 10 heteroatoms. The number of likely N-dealkylation sites (tertiary alicyclic amines) is 1. The number of H-pyrrole nitrogens is 1. The van der Waals surface area contributed by atoms with Gasteiger partial charge in [-0.2, -0.15) is 20.1 Å². The van der Waals surface area contributed by atoms with Gasteiger partial charge in [-0.3, -0.25) is 9.89 Å². The first-order chi connectivity index (χ1) is 16.0. The number of nitrogens with two attached hydrogens (primary N) is 1. The molecule has 1 aliphatic heterocycles. The van der Waals surface area contributed by atoms with E-state index >= 15 is 0 Å². The molecule has 1 amide bonds. The lowest BCUT2D eigenvalue weighted by molar-refractivity contribution is 0.0596. The average Bonchev–Trinajstić information content (AvgIpc) is 3.29. The number of halogens is 1. The maximum atomic E-state index is 13.1. The Labute approximate surface area is 189 Å². The van der Waals surface area contributed by atoms with Gasteiger partial charge < -0.3 is 15.5 Å². The van der Waals surface area contributed by atoms with Crippen LogP contribution in [0.25, 0.3) is 11.5 Å². The second-order valence-corrected chi connectivity index (χ2v) is 7.84. The van der Waals surface area contributed by atoms with Crippen molar-refractivity contribution < 1.29 is 9.18 Å². The number of aromatic nitrogens is 5. The van der Waals surface area contributed by atoms with Gasteiger partial charge in [0.15, 0.2) is 5.82 Å². The second kappa shape index (κ2) is 8.30. The number of nitrogen functional groups attached to an aromatic ring is 1. The lowest BCUT2D eigenvalue weighted by Crippen LogP contribution is -2.48. The number of carbonyl (C=O) groups excluding carboxylic acids is 1. The summed E-state index contributed by atoms with van der Waals surface area (Å²) >= 11 is 0. The Bertz CT molecular complexity index is 1290. The molecule has 166 valence electrons. The van der Waals surface area contributed by atoms with Crippen molar-refractivity contribution in [3.63, 3.8) is 0 Å². The van der Waals surface area contributed by atoms with E-state index in [4.69, 9.17) is 5.73 Å². The van der Waals surface area contributed by atoms with Crippen LogP contribution in [0.15, 0.2) is 60.7 Å². The monoisotopic (exact) mass is 444 g/mol. The van der Waals surface area contributed by atoms with E-state index in [2.05, 4.69) is 25.1 Å². The van der Waals surface area contributed by atoms with E-state index in [1.165, 1.54) is 12.1 Å². The summed E-state index contributed by atoms with van der Waals surface area (Å²) < 4.78 is 13.1. The topological polar surface area (TPSA) is 117 Å². The summed E-state index contributed by atoms with van der Waals surface area (Å²) in [6, 6.07) is 17.6. The zero-order valence-corrected chi connectivity index (χ0v) is 17.8. The highest BCUT2D eigenvalue weighted by atomic mass is 19.1. The van der Waals surface area contributed by atoms with Gasteiger partial charge in [0.2, 0.25) is 11.9 Å². The highest BCUT2D eigenvalue weighted by molar-refractivity contribution is 5.94. The molecule has 3 N–H and O–H groups in total. The summed E-state index contributed by atoms with van der Waals surface area (Å²) in [6.45, 7) is 1.12. The van der Waals surface area contributed by atoms with Gasteiger partial charge in [0.1, 0.15) is 17.2 Å². The number of aromatic amines is 1. The van der Waals surface area contributed by atoms with Gasteiger partial charge in [0.05, 0.1) is 0 Å². The van der Waals surface area contributed by atoms with Crippen LogP contribution in [0.5, 0.6) is 0 Å². The highest BCUT2D eigenvalue weighted by Crippen LogP contribution is 2.29. The first-order valence-electron chi connectivity index (χ1n) is 10.4. The van der Waals surface area contributed by atoms with Crippen molar-refractivity contribution in [2.24, 2.45) is 0 Å². The maximum absolute atomic E-state index is 13.1. The van der Waals surface area contributed by atoms with Crippen LogP contribution in [0.4, 0.5) is 22.0 Å². The molecule has 33 heavy (non-hydrogen) atoms. The molecule has 1 fully saturated rings. The molecule has 4 aromatic rings. The van der Waals surface area contributed by atoms with Crippen LogP contribution >= 0.6 is 0 Å². The van der Waals surface area contributed by atoms with E-state index in [1.54, 1.807) is 28.0 Å². The van der Waals surface area contributed by atoms with Crippen molar-refractivity contribution in [2.75, 3.05) is 30.8 Å². The van der Waals surface area contributed by atoms with Crippen molar-refractivity contribution in [2.45, 2.75) is 5.92 Å². The molecule has 2 aromatic heterocycles. The molecule has 0 aliphatic carbocycles. The fourth-order valence-electron chi connectivity index (χ4n) is 3.72. The predicted molar refractivity (Wildman–Crippen MR) is 121 cm³/mol. The molecule has 0 saturated carbocycles. The maximum Gasteiger partial charge on any atom is 0.271 e.